The highest BCUT2D eigenvalue weighted by Crippen LogP contribution is 2.22. The molecule has 2 aromatic heterocycles. The second kappa shape index (κ2) is 7.23. The number of aliphatic hydroxyl groups excluding tert-OH is 1. The Bertz CT molecular complexity index is 838. The number of aromatic nitrogens is 2. The largest absolute Gasteiger partial charge is 0.479 e. The van der Waals surface area contributed by atoms with E-state index in [2.05, 4.69) is 10.4 Å². The fraction of sp³-hybridized carbons (Fsp3) is 0.222. The fourth-order valence-electron chi connectivity index (χ4n) is 2.49. The van der Waals surface area contributed by atoms with Gasteiger partial charge in [0.15, 0.2) is 0 Å². The second-order valence-electron chi connectivity index (χ2n) is 5.55. The van der Waals surface area contributed by atoms with Crippen LogP contribution < -0.4 is 10.1 Å². The number of ether oxygens (including phenoxy) is 1. The van der Waals surface area contributed by atoms with Crippen molar-refractivity contribution in [2.24, 2.45) is 7.05 Å². The van der Waals surface area contributed by atoms with E-state index in [0.29, 0.717) is 11.1 Å². The molecule has 0 saturated carbocycles. The van der Waals surface area contributed by atoms with Crippen molar-refractivity contribution >= 4 is 5.91 Å². The average molecular weight is 341 g/mol. The second-order valence-corrected chi connectivity index (χ2v) is 5.55. The molecule has 2 N–H and O–H groups in total. The van der Waals surface area contributed by atoms with Gasteiger partial charge in [-0.3, -0.25) is 9.48 Å². The SMILES string of the molecule is COc1nn(C)cc1C(=O)NC[C@@H](O)c1ccc(-c2ccco2)cc1. The van der Waals surface area contributed by atoms with Crippen molar-refractivity contribution in [2.45, 2.75) is 6.10 Å². The number of aryl methyl sites for hydroxylation is 1. The quantitative estimate of drug-likeness (QED) is 0.717. The summed E-state index contributed by atoms with van der Waals surface area (Å²) in [6, 6.07) is 11.0. The highest BCUT2D eigenvalue weighted by Gasteiger charge is 2.17. The Morgan fingerprint density at radius 1 is 1.36 bits per heavy atom. The molecule has 7 heteroatoms. The van der Waals surface area contributed by atoms with Crippen molar-refractivity contribution < 1.29 is 19.1 Å². The maximum atomic E-state index is 12.2. The highest BCUT2D eigenvalue weighted by molar-refractivity contribution is 5.96. The first kappa shape index (κ1) is 16.8. The van der Waals surface area contributed by atoms with E-state index in [1.165, 1.54) is 11.8 Å². The van der Waals surface area contributed by atoms with Crippen LogP contribution in [-0.2, 0) is 7.05 Å². The van der Waals surface area contributed by atoms with Crippen LogP contribution in [0.5, 0.6) is 5.88 Å². The topological polar surface area (TPSA) is 89.5 Å². The zero-order valence-corrected chi connectivity index (χ0v) is 14.0. The molecule has 0 aliphatic carbocycles. The number of amides is 1. The number of hydrogen-bond donors (Lipinski definition) is 2. The van der Waals surface area contributed by atoms with Gasteiger partial charge >= 0.3 is 0 Å². The summed E-state index contributed by atoms with van der Waals surface area (Å²) >= 11 is 0. The smallest absolute Gasteiger partial charge is 0.258 e. The lowest BCUT2D eigenvalue weighted by atomic mass is 10.1. The van der Waals surface area contributed by atoms with Gasteiger partial charge in [0, 0.05) is 25.4 Å². The van der Waals surface area contributed by atoms with Gasteiger partial charge in [0.25, 0.3) is 5.91 Å². The lowest BCUT2D eigenvalue weighted by Crippen LogP contribution is -2.28. The van der Waals surface area contributed by atoms with Gasteiger partial charge < -0.3 is 19.6 Å². The molecule has 0 fully saturated rings. The third-order valence-corrected chi connectivity index (χ3v) is 3.79. The molecule has 0 radical (unpaired) electrons. The van der Waals surface area contributed by atoms with Gasteiger partial charge in [-0.1, -0.05) is 24.3 Å². The summed E-state index contributed by atoms with van der Waals surface area (Å²) in [7, 11) is 3.16. The van der Waals surface area contributed by atoms with E-state index in [0.717, 1.165) is 11.3 Å². The Morgan fingerprint density at radius 3 is 2.76 bits per heavy atom. The third-order valence-electron chi connectivity index (χ3n) is 3.79. The summed E-state index contributed by atoms with van der Waals surface area (Å²) in [6.07, 6.45) is 2.36. The number of nitrogens with one attached hydrogen (secondary N) is 1. The van der Waals surface area contributed by atoms with Crippen molar-refractivity contribution in [3.8, 4) is 17.2 Å². The first-order valence-electron chi connectivity index (χ1n) is 7.76. The zero-order chi connectivity index (χ0) is 17.8. The Labute approximate surface area is 144 Å². The molecule has 1 amide bonds. The van der Waals surface area contributed by atoms with E-state index in [9.17, 15) is 9.90 Å². The summed E-state index contributed by atoms with van der Waals surface area (Å²) in [6.45, 7) is 0.0803. The molecule has 2 heterocycles. The predicted octanol–water partition coefficient (Wildman–Crippen LogP) is 2.15. The van der Waals surface area contributed by atoms with Crippen LogP contribution in [0.15, 0.2) is 53.3 Å². The molecule has 3 rings (SSSR count). The average Bonchev–Trinajstić information content (AvgIpc) is 3.29. The molecule has 0 unspecified atom stereocenters. The highest BCUT2D eigenvalue weighted by atomic mass is 16.5. The summed E-state index contributed by atoms with van der Waals surface area (Å²) < 4.78 is 11.9. The van der Waals surface area contributed by atoms with E-state index >= 15 is 0 Å². The number of aliphatic hydroxyl groups is 1. The molecule has 25 heavy (non-hydrogen) atoms. The Morgan fingerprint density at radius 2 is 2.12 bits per heavy atom. The minimum Gasteiger partial charge on any atom is -0.479 e. The summed E-state index contributed by atoms with van der Waals surface area (Å²) in [5, 5.41) is 17.0. The lowest BCUT2D eigenvalue weighted by Gasteiger charge is -2.12. The molecule has 0 aliphatic rings. The number of hydrogen-bond acceptors (Lipinski definition) is 5. The molecular formula is C18H19N3O4. The van der Waals surface area contributed by atoms with Gasteiger partial charge in [-0.25, -0.2) is 0 Å². The summed E-state index contributed by atoms with van der Waals surface area (Å²) in [5.74, 6) is 0.659. The van der Waals surface area contributed by atoms with E-state index in [1.54, 1.807) is 31.6 Å². The number of carbonyl (C=O) groups is 1. The summed E-state index contributed by atoms with van der Waals surface area (Å²) in [4.78, 5) is 12.2. The predicted molar refractivity (Wildman–Crippen MR) is 91.2 cm³/mol. The van der Waals surface area contributed by atoms with Gasteiger partial charge in [-0.15, -0.1) is 5.10 Å². The first-order chi connectivity index (χ1) is 12.1. The molecule has 1 atom stereocenters. The number of furan rings is 1. The number of benzene rings is 1. The van der Waals surface area contributed by atoms with Crippen LogP contribution in [0, 0.1) is 0 Å². The van der Waals surface area contributed by atoms with Crippen LogP contribution in [-0.4, -0.2) is 34.4 Å². The van der Waals surface area contributed by atoms with Gasteiger partial charge in [0.2, 0.25) is 5.88 Å². The van der Waals surface area contributed by atoms with E-state index in [1.807, 2.05) is 24.3 Å². The molecule has 0 saturated heterocycles. The van der Waals surface area contributed by atoms with Crippen LogP contribution in [0.1, 0.15) is 22.0 Å². The molecule has 130 valence electrons. The monoisotopic (exact) mass is 341 g/mol. The van der Waals surface area contributed by atoms with Crippen LogP contribution in [0.4, 0.5) is 0 Å². The molecule has 3 aromatic rings. The Balaban J connectivity index is 1.62. The minimum atomic E-state index is -0.822. The first-order valence-corrected chi connectivity index (χ1v) is 7.76. The maximum absolute atomic E-state index is 12.2. The van der Waals surface area contributed by atoms with Gasteiger partial charge in [-0.05, 0) is 17.7 Å². The van der Waals surface area contributed by atoms with Crippen molar-refractivity contribution in [2.75, 3.05) is 13.7 Å². The van der Waals surface area contributed by atoms with Gasteiger partial charge in [0.1, 0.15) is 11.3 Å². The van der Waals surface area contributed by atoms with Gasteiger partial charge in [0.05, 0.1) is 19.5 Å². The van der Waals surface area contributed by atoms with E-state index < -0.39 is 6.10 Å². The molecule has 1 aromatic carbocycles. The zero-order valence-electron chi connectivity index (χ0n) is 14.0. The lowest BCUT2D eigenvalue weighted by molar-refractivity contribution is 0.0913. The molecule has 0 aliphatic heterocycles. The number of carbonyl (C=O) groups excluding carboxylic acids is 1. The normalized spacial score (nSPS) is 12.0. The molecule has 0 bridgehead atoms. The van der Waals surface area contributed by atoms with Gasteiger partial charge in [-0.2, -0.15) is 0 Å². The number of rotatable bonds is 6. The molecular weight excluding hydrogens is 322 g/mol. The van der Waals surface area contributed by atoms with Crippen LogP contribution in [0.25, 0.3) is 11.3 Å². The standard InChI is InChI=1S/C18H19N3O4/c1-21-11-14(18(20-21)24-2)17(23)19-10-15(22)12-5-7-13(8-6-12)16-4-3-9-25-16/h3-9,11,15,22H,10H2,1-2H3,(H,19,23)/t15-/m1/s1. The number of nitrogens with zero attached hydrogens (tertiary/aromatic N) is 2. The molecule has 0 spiro atoms. The Hall–Kier alpha value is -3.06. The summed E-state index contributed by atoms with van der Waals surface area (Å²) in [5.41, 5.74) is 1.95. The van der Waals surface area contributed by atoms with Crippen molar-refractivity contribution in [1.82, 2.24) is 15.1 Å². The third kappa shape index (κ3) is 3.72. The van der Waals surface area contributed by atoms with Crippen molar-refractivity contribution in [3.05, 3.63) is 60.0 Å². The number of methoxy groups -OCH3 is 1. The maximum Gasteiger partial charge on any atom is 0.258 e. The van der Waals surface area contributed by atoms with Crippen LogP contribution in [0.3, 0.4) is 0 Å². The van der Waals surface area contributed by atoms with E-state index in [-0.39, 0.29) is 18.3 Å². The van der Waals surface area contributed by atoms with Crippen LogP contribution in [0.2, 0.25) is 0 Å². The molecule has 7 nitrogen and oxygen atoms in total. The van der Waals surface area contributed by atoms with E-state index in [4.69, 9.17) is 9.15 Å². The Kier molecular flexibility index (Phi) is 4.85. The fourth-order valence-corrected chi connectivity index (χ4v) is 2.49. The van der Waals surface area contributed by atoms with Crippen molar-refractivity contribution in [1.29, 1.82) is 0 Å². The van der Waals surface area contributed by atoms with Crippen molar-refractivity contribution in [3.63, 3.8) is 0 Å². The van der Waals surface area contributed by atoms with Crippen LogP contribution >= 0.6 is 0 Å². The minimum absolute atomic E-state index is 0.0803.